The van der Waals surface area contributed by atoms with Crippen molar-refractivity contribution in [2.75, 3.05) is 20.8 Å². The Morgan fingerprint density at radius 3 is 2.19 bits per heavy atom. The lowest BCUT2D eigenvalue weighted by molar-refractivity contribution is 0.354. The maximum atomic E-state index is 5.41. The minimum absolute atomic E-state index is 0.180. The van der Waals surface area contributed by atoms with Gasteiger partial charge in [0.05, 0.1) is 14.2 Å². The molecule has 21 heavy (non-hydrogen) atoms. The van der Waals surface area contributed by atoms with Gasteiger partial charge in [-0.15, -0.1) is 0 Å². The van der Waals surface area contributed by atoms with E-state index in [1.165, 1.54) is 24.8 Å². The molecule has 1 aliphatic rings. The molecule has 2 unspecified atom stereocenters. The lowest BCUT2D eigenvalue weighted by Crippen LogP contribution is -2.39. The average Bonchev–Trinajstić information content (AvgIpc) is 2.92. The maximum Gasteiger partial charge on any atom is 0.122 e. The molecule has 0 aliphatic heterocycles. The highest BCUT2D eigenvalue weighted by atomic mass is 16.5. The van der Waals surface area contributed by atoms with Gasteiger partial charge in [-0.1, -0.05) is 6.42 Å². The fourth-order valence-electron chi connectivity index (χ4n) is 3.20. The van der Waals surface area contributed by atoms with Crippen LogP contribution in [0.25, 0.3) is 0 Å². The van der Waals surface area contributed by atoms with Crippen molar-refractivity contribution in [1.82, 2.24) is 5.32 Å². The van der Waals surface area contributed by atoms with E-state index in [0.29, 0.717) is 11.8 Å². The van der Waals surface area contributed by atoms with Gasteiger partial charge >= 0.3 is 0 Å². The molecule has 0 spiro atoms. The standard InChI is InChI=1S/C18H29NO2/c1-18(2,3)19-12-13-7-6-8-17(13)14-9-15(20-4)11-16(10-14)21-5/h9-11,13,17,19H,6-8,12H2,1-5H3. The molecule has 1 aliphatic carbocycles. The van der Waals surface area contributed by atoms with Crippen LogP contribution in [0.15, 0.2) is 18.2 Å². The van der Waals surface area contributed by atoms with Crippen molar-refractivity contribution < 1.29 is 9.47 Å². The van der Waals surface area contributed by atoms with Gasteiger partial charge in [0.2, 0.25) is 0 Å². The Morgan fingerprint density at radius 2 is 1.67 bits per heavy atom. The molecule has 0 radical (unpaired) electrons. The van der Waals surface area contributed by atoms with Gasteiger partial charge in [0, 0.05) is 11.6 Å². The summed E-state index contributed by atoms with van der Waals surface area (Å²) in [5.74, 6) is 3.07. The van der Waals surface area contributed by atoms with Crippen molar-refractivity contribution in [3.63, 3.8) is 0 Å². The molecular weight excluding hydrogens is 262 g/mol. The SMILES string of the molecule is COc1cc(OC)cc(C2CCCC2CNC(C)(C)C)c1. The number of benzene rings is 1. The van der Waals surface area contributed by atoms with Crippen LogP contribution in [-0.4, -0.2) is 26.3 Å². The first-order valence-electron chi connectivity index (χ1n) is 7.91. The molecule has 3 nitrogen and oxygen atoms in total. The molecule has 1 N–H and O–H groups in total. The third-order valence-electron chi connectivity index (χ3n) is 4.36. The van der Waals surface area contributed by atoms with E-state index in [9.17, 15) is 0 Å². The van der Waals surface area contributed by atoms with Crippen molar-refractivity contribution in [3.8, 4) is 11.5 Å². The second-order valence-electron chi connectivity index (χ2n) is 7.07. The number of nitrogens with one attached hydrogen (secondary N) is 1. The normalized spacial score (nSPS) is 22.3. The zero-order valence-electron chi connectivity index (χ0n) is 14.0. The lowest BCUT2D eigenvalue weighted by atomic mass is 9.88. The largest absolute Gasteiger partial charge is 0.497 e. The number of hydrogen-bond acceptors (Lipinski definition) is 3. The highest BCUT2D eigenvalue weighted by Crippen LogP contribution is 2.41. The van der Waals surface area contributed by atoms with Gasteiger partial charge in [0.25, 0.3) is 0 Å². The summed E-state index contributed by atoms with van der Waals surface area (Å²) in [5.41, 5.74) is 1.53. The van der Waals surface area contributed by atoms with E-state index in [4.69, 9.17) is 9.47 Å². The van der Waals surface area contributed by atoms with Crippen molar-refractivity contribution in [3.05, 3.63) is 23.8 Å². The molecule has 0 heterocycles. The molecule has 2 atom stereocenters. The number of hydrogen-bond donors (Lipinski definition) is 1. The molecular formula is C18H29NO2. The first-order chi connectivity index (χ1) is 9.93. The lowest BCUT2D eigenvalue weighted by Gasteiger charge is -2.27. The topological polar surface area (TPSA) is 30.5 Å². The molecule has 0 amide bonds. The van der Waals surface area contributed by atoms with Gasteiger partial charge in [0.1, 0.15) is 11.5 Å². The Bertz CT molecular complexity index is 443. The van der Waals surface area contributed by atoms with Crippen molar-refractivity contribution in [1.29, 1.82) is 0 Å². The Morgan fingerprint density at radius 1 is 1.05 bits per heavy atom. The highest BCUT2D eigenvalue weighted by molar-refractivity contribution is 5.40. The minimum Gasteiger partial charge on any atom is -0.497 e. The second kappa shape index (κ2) is 6.69. The summed E-state index contributed by atoms with van der Waals surface area (Å²) >= 11 is 0. The summed E-state index contributed by atoms with van der Waals surface area (Å²) in [6.07, 6.45) is 3.86. The quantitative estimate of drug-likeness (QED) is 0.890. The summed E-state index contributed by atoms with van der Waals surface area (Å²) < 4.78 is 10.8. The number of rotatable bonds is 5. The predicted molar refractivity (Wildman–Crippen MR) is 87.4 cm³/mol. The van der Waals surface area contributed by atoms with Crippen molar-refractivity contribution in [2.45, 2.75) is 51.5 Å². The Balaban J connectivity index is 2.15. The molecule has 0 saturated heterocycles. The van der Waals surface area contributed by atoms with E-state index in [1.54, 1.807) is 14.2 Å². The number of methoxy groups -OCH3 is 2. The molecule has 2 rings (SSSR count). The van der Waals surface area contributed by atoms with E-state index < -0.39 is 0 Å². The first-order valence-corrected chi connectivity index (χ1v) is 7.91. The van der Waals surface area contributed by atoms with Gasteiger partial charge in [0.15, 0.2) is 0 Å². The van der Waals surface area contributed by atoms with E-state index in [0.717, 1.165) is 18.0 Å². The van der Waals surface area contributed by atoms with Crippen LogP contribution in [0, 0.1) is 5.92 Å². The summed E-state index contributed by atoms with van der Waals surface area (Å²) in [4.78, 5) is 0. The number of ether oxygens (including phenoxy) is 2. The van der Waals surface area contributed by atoms with Gasteiger partial charge in [-0.3, -0.25) is 0 Å². The van der Waals surface area contributed by atoms with Crippen molar-refractivity contribution >= 4 is 0 Å². The molecule has 118 valence electrons. The molecule has 1 aromatic carbocycles. The predicted octanol–water partition coefficient (Wildman–Crippen LogP) is 3.98. The van der Waals surface area contributed by atoms with Crippen LogP contribution >= 0.6 is 0 Å². The summed E-state index contributed by atoms with van der Waals surface area (Å²) in [6, 6.07) is 6.28. The highest BCUT2D eigenvalue weighted by Gasteiger charge is 2.30. The van der Waals surface area contributed by atoms with Gasteiger partial charge in [-0.05, 0) is 69.7 Å². The van der Waals surface area contributed by atoms with Crippen LogP contribution in [0.2, 0.25) is 0 Å². The monoisotopic (exact) mass is 291 g/mol. The van der Waals surface area contributed by atoms with Crippen LogP contribution < -0.4 is 14.8 Å². The van der Waals surface area contributed by atoms with Crippen molar-refractivity contribution in [2.24, 2.45) is 5.92 Å². The smallest absolute Gasteiger partial charge is 0.122 e. The summed E-state index contributed by atoms with van der Waals surface area (Å²) in [5, 5.41) is 3.66. The average molecular weight is 291 g/mol. The third-order valence-corrected chi connectivity index (χ3v) is 4.36. The Kier molecular flexibility index (Phi) is 5.15. The summed E-state index contributed by atoms with van der Waals surface area (Å²) in [7, 11) is 3.43. The Labute approximate surface area is 129 Å². The molecule has 1 aromatic rings. The molecule has 3 heteroatoms. The molecule has 0 bridgehead atoms. The van der Waals surface area contributed by atoms with E-state index in [1.807, 2.05) is 6.07 Å². The van der Waals surface area contributed by atoms with E-state index in [-0.39, 0.29) is 5.54 Å². The molecule has 0 aromatic heterocycles. The zero-order valence-corrected chi connectivity index (χ0v) is 14.0. The van der Waals surface area contributed by atoms with Crippen LogP contribution in [-0.2, 0) is 0 Å². The maximum absolute atomic E-state index is 5.41. The fraction of sp³-hybridized carbons (Fsp3) is 0.667. The minimum atomic E-state index is 0.180. The molecule has 1 saturated carbocycles. The van der Waals surface area contributed by atoms with E-state index >= 15 is 0 Å². The van der Waals surface area contributed by atoms with Crippen LogP contribution in [0.1, 0.15) is 51.5 Å². The van der Waals surface area contributed by atoms with Gasteiger partial charge in [-0.2, -0.15) is 0 Å². The van der Waals surface area contributed by atoms with Gasteiger partial charge < -0.3 is 14.8 Å². The fourth-order valence-corrected chi connectivity index (χ4v) is 3.20. The Hall–Kier alpha value is -1.22. The third kappa shape index (κ3) is 4.37. The van der Waals surface area contributed by atoms with Crippen LogP contribution in [0.4, 0.5) is 0 Å². The van der Waals surface area contributed by atoms with E-state index in [2.05, 4.69) is 38.2 Å². The van der Waals surface area contributed by atoms with Crippen LogP contribution in [0.5, 0.6) is 11.5 Å². The zero-order chi connectivity index (χ0) is 15.5. The first kappa shape index (κ1) is 16.2. The van der Waals surface area contributed by atoms with Gasteiger partial charge in [-0.25, -0.2) is 0 Å². The van der Waals surface area contributed by atoms with Crippen LogP contribution in [0.3, 0.4) is 0 Å². The summed E-state index contributed by atoms with van der Waals surface area (Å²) in [6.45, 7) is 7.76. The molecule has 1 fully saturated rings. The second-order valence-corrected chi connectivity index (χ2v) is 7.07.